The summed E-state index contributed by atoms with van der Waals surface area (Å²) in [6.45, 7) is 9.11. The normalized spacial score (nSPS) is 24.2. The number of hydrogen-bond donors (Lipinski definition) is 3. The SMILES string of the molecule is Cc1c(O)c(C(=O)O)c(O)c2c1C(C)C(C)OC2(C)C. The van der Waals surface area contributed by atoms with Crippen LogP contribution in [0, 0.1) is 6.92 Å². The largest absolute Gasteiger partial charge is 0.507 e. The minimum absolute atomic E-state index is 0.0438. The van der Waals surface area contributed by atoms with Crippen molar-refractivity contribution in [2.45, 2.75) is 52.2 Å². The fourth-order valence-electron chi connectivity index (χ4n) is 3.11. The van der Waals surface area contributed by atoms with Crippen LogP contribution < -0.4 is 0 Å². The third-order valence-electron chi connectivity index (χ3n) is 4.19. The lowest BCUT2D eigenvalue weighted by atomic mass is 9.77. The molecule has 1 aliphatic rings. The van der Waals surface area contributed by atoms with E-state index in [1.165, 1.54) is 0 Å². The summed E-state index contributed by atoms with van der Waals surface area (Å²) >= 11 is 0. The minimum Gasteiger partial charge on any atom is -0.507 e. The highest BCUT2D eigenvalue weighted by Crippen LogP contribution is 2.50. The molecule has 0 radical (unpaired) electrons. The summed E-state index contributed by atoms with van der Waals surface area (Å²) < 4.78 is 5.89. The Kier molecular flexibility index (Phi) is 3.21. The molecular formula is C15H20O5. The number of phenols is 2. The van der Waals surface area contributed by atoms with Crippen LogP contribution in [0.2, 0.25) is 0 Å². The molecule has 1 aliphatic heterocycles. The van der Waals surface area contributed by atoms with Gasteiger partial charge in [0.1, 0.15) is 17.1 Å². The maximum Gasteiger partial charge on any atom is 0.343 e. The van der Waals surface area contributed by atoms with Gasteiger partial charge in [0.2, 0.25) is 0 Å². The van der Waals surface area contributed by atoms with Gasteiger partial charge in [-0.05, 0) is 38.8 Å². The zero-order valence-corrected chi connectivity index (χ0v) is 12.3. The van der Waals surface area contributed by atoms with Crippen molar-refractivity contribution in [1.29, 1.82) is 0 Å². The van der Waals surface area contributed by atoms with Crippen LogP contribution in [-0.2, 0) is 10.3 Å². The molecule has 0 amide bonds. The van der Waals surface area contributed by atoms with Crippen LogP contribution in [0.5, 0.6) is 11.5 Å². The molecule has 2 atom stereocenters. The Morgan fingerprint density at radius 3 is 2.25 bits per heavy atom. The first-order chi connectivity index (χ1) is 9.09. The van der Waals surface area contributed by atoms with E-state index in [0.29, 0.717) is 11.1 Å². The van der Waals surface area contributed by atoms with Gasteiger partial charge in [-0.1, -0.05) is 6.92 Å². The third-order valence-corrected chi connectivity index (χ3v) is 4.19. The third kappa shape index (κ3) is 1.85. The molecule has 0 fully saturated rings. The van der Waals surface area contributed by atoms with Crippen LogP contribution in [0.3, 0.4) is 0 Å². The number of carboxylic acid groups (broad SMARTS) is 1. The average molecular weight is 280 g/mol. The summed E-state index contributed by atoms with van der Waals surface area (Å²) in [5.74, 6) is -2.17. The highest BCUT2D eigenvalue weighted by Gasteiger charge is 2.42. The maximum absolute atomic E-state index is 11.3. The van der Waals surface area contributed by atoms with Gasteiger partial charge in [-0.15, -0.1) is 0 Å². The summed E-state index contributed by atoms with van der Waals surface area (Å²) in [6, 6.07) is 0. The van der Waals surface area contributed by atoms with Gasteiger partial charge in [-0.3, -0.25) is 0 Å². The minimum atomic E-state index is -1.35. The number of aromatic carboxylic acids is 1. The molecule has 20 heavy (non-hydrogen) atoms. The van der Waals surface area contributed by atoms with Crippen molar-refractivity contribution in [3.63, 3.8) is 0 Å². The number of ether oxygens (including phenoxy) is 1. The van der Waals surface area contributed by atoms with Crippen molar-refractivity contribution in [2.75, 3.05) is 0 Å². The monoisotopic (exact) mass is 280 g/mol. The summed E-state index contributed by atoms with van der Waals surface area (Å²) in [7, 11) is 0. The van der Waals surface area contributed by atoms with Crippen LogP contribution in [-0.4, -0.2) is 27.4 Å². The van der Waals surface area contributed by atoms with Crippen LogP contribution in [0.4, 0.5) is 0 Å². The van der Waals surface area contributed by atoms with Crippen molar-refractivity contribution < 1.29 is 24.9 Å². The standard InChI is InChI=1S/C15H20O5/c1-6-8(3)20-15(4,5)11-9(6)7(2)12(16)10(13(11)17)14(18)19/h6,8,16-17H,1-5H3,(H,18,19). The Hall–Kier alpha value is -1.75. The van der Waals surface area contributed by atoms with Crippen LogP contribution in [0.25, 0.3) is 0 Å². The highest BCUT2D eigenvalue weighted by atomic mass is 16.5. The topological polar surface area (TPSA) is 87.0 Å². The zero-order valence-electron chi connectivity index (χ0n) is 12.3. The molecule has 0 aromatic heterocycles. The lowest BCUT2D eigenvalue weighted by Crippen LogP contribution is -2.37. The fraction of sp³-hybridized carbons (Fsp3) is 0.533. The van der Waals surface area contributed by atoms with Gasteiger partial charge < -0.3 is 20.1 Å². The lowest BCUT2D eigenvalue weighted by Gasteiger charge is -2.42. The Bertz CT molecular complexity index is 589. The van der Waals surface area contributed by atoms with E-state index in [-0.39, 0.29) is 17.8 Å². The first-order valence-corrected chi connectivity index (χ1v) is 6.59. The Morgan fingerprint density at radius 1 is 1.20 bits per heavy atom. The van der Waals surface area contributed by atoms with Crippen molar-refractivity contribution >= 4 is 5.97 Å². The molecule has 0 bridgehead atoms. The number of fused-ring (bicyclic) bond motifs is 1. The molecule has 1 aromatic carbocycles. The highest BCUT2D eigenvalue weighted by molar-refractivity contribution is 5.95. The molecule has 0 saturated heterocycles. The van der Waals surface area contributed by atoms with E-state index in [4.69, 9.17) is 4.74 Å². The van der Waals surface area contributed by atoms with Crippen molar-refractivity contribution in [1.82, 2.24) is 0 Å². The maximum atomic E-state index is 11.3. The molecule has 5 heteroatoms. The number of rotatable bonds is 1. The second-order valence-corrected chi connectivity index (χ2v) is 5.91. The van der Waals surface area contributed by atoms with Crippen LogP contribution in [0.15, 0.2) is 0 Å². The molecule has 3 N–H and O–H groups in total. The molecule has 2 unspecified atom stereocenters. The molecule has 5 nitrogen and oxygen atoms in total. The zero-order chi connectivity index (χ0) is 15.4. The van der Waals surface area contributed by atoms with Crippen molar-refractivity contribution in [3.05, 3.63) is 22.3 Å². The smallest absolute Gasteiger partial charge is 0.343 e. The lowest BCUT2D eigenvalue weighted by molar-refractivity contribution is -0.0914. The number of aromatic hydroxyl groups is 2. The van der Waals surface area contributed by atoms with Crippen LogP contribution in [0.1, 0.15) is 60.7 Å². The average Bonchev–Trinajstić information content (AvgIpc) is 2.29. The van der Waals surface area contributed by atoms with E-state index in [1.807, 2.05) is 13.8 Å². The molecule has 2 rings (SSSR count). The second-order valence-electron chi connectivity index (χ2n) is 5.91. The summed E-state index contributed by atoms with van der Waals surface area (Å²) in [5.41, 5.74) is 0.448. The van der Waals surface area contributed by atoms with Crippen molar-refractivity contribution in [3.8, 4) is 11.5 Å². The predicted octanol–water partition coefficient (Wildman–Crippen LogP) is 2.86. The number of carbonyl (C=O) groups is 1. The summed E-state index contributed by atoms with van der Waals surface area (Å²) in [6.07, 6.45) is -0.0920. The Balaban J connectivity index is 2.91. The van der Waals surface area contributed by atoms with E-state index in [1.54, 1.807) is 20.8 Å². The molecule has 110 valence electrons. The predicted molar refractivity (Wildman–Crippen MR) is 73.5 cm³/mol. The Labute approximate surface area is 117 Å². The fourth-order valence-corrected chi connectivity index (χ4v) is 3.11. The van der Waals surface area contributed by atoms with Crippen molar-refractivity contribution in [2.24, 2.45) is 0 Å². The number of benzene rings is 1. The number of hydrogen-bond acceptors (Lipinski definition) is 4. The van der Waals surface area contributed by atoms with E-state index >= 15 is 0 Å². The molecule has 0 spiro atoms. The van der Waals surface area contributed by atoms with Gasteiger partial charge in [0.05, 0.1) is 11.7 Å². The first-order valence-electron chi connectivity index (χ1n) is 6.59. The van der Waals surface area contributed by atoms with Gasteiger partial charge >= 0.3 is 5.97 Å². The van der Waals surface area contributed by atoms with Gasteiger partial charge in [-0.2, -0.15) is 0 Å². The van der Waals surface area contributed by atoms with Gasteiger partial charge in [0.15, 0.2) is 0 Å². The van der Waals surface area contributed by atoms with E-state index in [0.717, 1.165) is 5.56 Å². The quantitative estimate of drug-likeness (QED) is 0.736. The van der Waals surface area contributed by atoms with Gasteiger partial charge in [0.25, 0.3) is 0 Å². The van der Waals surface area contributed by atoms with E-state index < -0.39 is 22.9 Å². The molecule has 0 saturated carbocycles. The van der Waals surface area contributed by atoms with Crippen LogP contribution >= 0.6 is 0 Å². The van der Waals surface area contributed by atoms with E-state index in [2.05, 4.69) is 0 Å². The summed E-state index contributed by atoms with van der Waals surface area (Å²) in [4.78, 5) is 11.3. The summed E-state index contributed by atoms with van der Waals surface area (Å²) in [5, 5.41) is 29.6. The molecular weight excluding hydrogens is 260 g/mol. The number of carboxylic acids is 1. The van der Waals surface area contributed by atoms with Gasteiger partial charge in [0, 0.05) is 11.5 Å². The molecule has 1 heterocycles. The van der Waals surface area contributed by atoms with E-state index in [9.17, 15) is 20.1 Å². The molecule has 1 aromatic rings. The Morgan fingerprint density at radius 2 is 1.75 bits per heavy atom. The first kappa shape index (κ1) is 14.7. The second kappa shape index (κ2) is 4.38. The molecule has 0 aliphatic carbocycles. The van der Waals surface area contributed by atoms with Gasteiger partial charge in [-0.25, -0.2) is 4.79 Å².